The van der Waals surface area contributed by atoms with E-state index in [0.717, 1.165) is 0 Å². The van der Waals surface area contributed by atoms with Gasteiger partial charge in [-0.3, -0.25) is 9.13 Å². The smallest absolute Gasteiger partial charge is 0.367 e. The van der Waals surface area contributed by atoms with Gasteiger partial charge in [-0.05, 0) is 6.92 Å². The Labute approximate surface area is 94.6 Å². The second kappa shape index (κ2) is 4.25. The fourth-order valence-corrected chi connectivity index (χ4v) is 3.08. The highest BCUT2D eigenvalue weighted by molar-refractivity contribution is 7.72. The number of aromatic nitrogens is 2. The third-order valence-corrected chi connectivity index (χ3v) is 5.83. The van der Waals surface area contributed by atoms with E-state index in [1.54, 1.807) is 0 Å². The van der Waals surface area contributed by atoms with Gasteiger partial charge in [-0.15, -0.1) is 0 Å². The van der Waals surface area contributed by atoms with E-state index in [2.05, 4.69) is 14.9 Å². The minimum Gasteiger partial charge on any atom is -0.367 e. The topological polar surface area (TPSA) is 174 Å². The van der Waals surface area contributed by atoms with Gasteiger partial charge in [-0.2, -0.15) is 0 Å². The normalized spacial score (nSPS) is 14.0. The van der Waals surface area contributed by atoms with E-state index in [9.17, 15) is 14.2 Å². The molecule has 1 rings (SSSR count). The molecule has 0 aliphatic carbocycles. The van der Waals surface area contributed by atoms with Crippen LogP contribution in [0.3, 0.4) is 0 Å². The Kier molecular flexibility index (Phi) is 3.62. The van der Waals surface area contributed by atoms with Crippen molar-refractivity contribution < 1.29 is 38.4 Å². The van der Waals surface area contributed by atoms with E-state index in [1.807, 2.05) is 0 Å². The molecule has 0 spiro atoms. The second-order valence-electron chi connectivity index (χ2n) is 3.34. The van der Waals surface area contributed by atoms with Gasteiger partial charge >= 0.3 is 15.2 Å². The van der Waals surface area contributed by atoms with Crippen molar-refractivity contribution in [1.82, 2.24) is 10.3 Å². The number of nitrogens with zero attached hydrogens (tertiary/aromatic N) is 2. The van der Waals surface area contributed by atoms with Gasteiger partial charge in [0, 0.05) is 6.42 Å². The molecule has 0 atom stereocenters. The zero-order chi connectivity index (χ0) is 13.5. The Balaban J connectivity index is 3.25. The maximum absolute atomic E-state index is 11.0. The Bertz CT molecular complexity index is 478. The van der Waals surface area contributed by atoms with Crippen LogP contribution in [-0.4, -0.2) is 40.1 Å². The molecule has 5 N–H and O–H groups in total. The van der Waals surface area contributed by atoms with Crippen molar-refractivity contribution in [1.29, 1.82) is 0 Å². The van der Waals surface area contributed by atoms with Crippen LogP contribution in [0, 0.1) is 6.92 Å². The number of hydrogen-bond donors (Lipinski definition) is 5. The fraction of sp³-hybridized carbons (Fsp3) is 0.600. The van der Waals surface area contributed by atoms with Gasteiger partial charge in [0.15, 0.2) is 0 Å². The summed E-state index contributed by atoms with van der Waals surface area (Å²) in [4.78, 5) is 35.4. The van der Waals surface area contributed by atoms with Crippen molar-refractivity contribution in [3.8, 4) is 0 Å². The van der Waals surface area contributed by atoms with E-state index in [1.165, 1.54) is 6.92 Å². The van der Waals surface area contributed by atoms with Gasteiger partial charge in [-0.25, -0.2) is 4.63 Å². The molecule has 0 radical (unpaired) electrons. The Hall–Kier alpha value is -0.600. The first-order valence-corrected chi connectivity index (χ1v) is 7.33. The Morgan fingerprint density at radius 2 is 1.65 bits per heavy atom. The molecular weight excluding hydrogens is 278 g/mol. The summed E-state index contributed by atoms with van der Waals surface area (Å²) in [6, 6.07) is 0. The van der Waals surface area contributed by atoms with Crippen LogP contribution in [0.25, 0.3) is 0 Å². The van der Waals surface area contributed by atoms with Gasteiger partial charge in [0.1, 0.15) is 11.4 Å². The highest BCUT2D eigenvalue weighted by Crippen LogP contribution is 2.68. The summed E-state index contributed by atoms with van der Waals surface area (Å²) in [5, 5.41) is 12.5. The summed E-state index contributed by atoms with van der Waals surface area (Å²) in [7, 11) is -11.0. The molecular formula is C5H10N2O8P2. The first-order chi connectivity index (χ1) is 7.49. The number of hydrogen-bond acceptors (Lipinski definition) is 6. The molecule has 10 nitrogen and oxygen atoms in total. The van der Waals surface area contributed by atoms with Gasteiger partial charge < -0.3 is 24.7 Å². The summed E-state index contributed by atoms with van der Waals surface area (Å²) in [5.74, 6) is 0. The van der Waals surface area contributed by atoms with E-state index >= 15 is 0 Å². The van der Waals surface area contributed by atoms with Crippen molar-refractivity contribution in [3.63, 3.8) is 0 Å². The van der Waals surface area contributed by atoms with Gasteiger partial charge in [0.25, 0.3) is 5.08 Å². The minimum atomic E-state index is -5.49. The Morgan fingerprint density at radius 3 is 1.94 bits per heavy atom. The van der Waals surface area contributed by atoms with Crippen molar-refractivity contribution in [2.24, 2.45) is 0 Å². The number of rotatable bonds is 4. The average molecular weight is 288 g/mol. The summed E-state index contributed by atoms with van der Waals surface area (Å²) >= 11 is 0. The third kappa shape index (κ3) is 2.63. The Morgan fingerprint density at radius 1 is 1.18 bits per heavy atom. The van der Waals surface area contributed by atoms with Crippen molar-refractivity contribution in [2.75, 3.05) is 0 Å². The molecule has 0 bridgehead atoms. The van der Waals surface area contributed by atoms with Crippen LogP contribution in [0.4, 0.5) is 0 Å². The lowest BCUT2D eigenvalue weighted by Crippen LogP contribution is -2.31. The molecule has 12 heteroatoms. The standard InChI is InChI=1S/C5H10N2O8P2/c1-3-4(7-15-6-3)2-5(8,16(9,10)11)17(12,13)14/h8H,2H2,1H3,(H2,9,10,11)(H2,12,13,14). The van der Waals surface area contributed by atoms with Crippen LogP contribution in [0.2, 0.25) is 0 Å². The quantitative estimate of drug-likeness (QED) is 0.428. The largest absolute Gasteiger partial charge is 0.369 e. The van der Waals surface area contributed by atoms with Crippen LogP contribution >= 0.6 is 15.2 Å². The second-order valence-corrected chi connectivity index (χ2v) is 7.34. The predicted octanol–water partition coefficient (Wildman–Crippen LogP) is -1.08. The number of aliphatic hydroxyl groups is 1. The van der Waals surface area contributed by atoms with Crippen LogP contribution in [0.5, 0.6) is 0 Å². The summed E-state index contributed by atoms with van der Waals surface area (Å²) in [6.45, 7) is 1.34. The summed E-state index contributed by atoms with van der Waals surface area (Å²) in [5.41, 5.74) is -0.190. The lowest BCUT2D eigenvalue weighted by Gasteiger charge is -2.28. The maximum atomic E-state index is 11.0. The fourth-order valence-electron chi connectivity index (χ4n) is 1.01. The van der Waals surface area contributed by atoms with E-state index < -0.39 is 26.7 Å². The lowest BCUT2D eigenvalue weighted by molar-refractivity contribution is 0.129. The molecule has 0 saturated heterocycles. The van der Waals surface area contributed by atoms with Crippen molar-refractivity contribution >= 4 is 15.2 Å². The molecule has 1 heterocycles. The number of aryl methyl sites for hydroxylation is 1. The van der Waals surface area contributed by atoms with Gasteiger partial charge in [0.05, 0.1) is 0 Å². The predicted molar refractivity (Wildman–Crippen MR) is 51.8 cm³/mol. The molecule has 0 saturated carbocycles. The summed E-state index contributed by atoms with van der Waals surface area (Å²) in [6.07, 6.45) is -1.07. The molecule has 17 heavy (non-hydrogen) atoms. The van der Waals surface area contributed by atoms with Crippen LogP contribution < -0.4 is 0 Å². The highest BCUT2D eigenvalue weighted by atomic mass is 31.2. The summed E-state index contributed by atoms with van der Waals surface area (Å²) < 4.78 is 26.2. The van der Waals surface area contributed by atoms with Crippen molar-refractivity contribution in [2.45, 2.75) is 18.4 Å². The van der Waals surface area contributed by atoms with Crippen LogP contribution in [-0.2, 0) is 15.6 Å². The molecule has 1 aromatic rings. The minimum absolute atomic E-state index is 0.0605. The lowest BCUT2D eigenvalue weighted by atomic mass is 10.3. The SMILES string of the molecule is Cc1nonc1CC(O)(P(=O)(O)O)P(=O)(O)O. The average Bonchev–Trinajstić information content (AvgIpc) is 2.47. The monoisotopic (exact) mass is 288 g/mol. The molecule has 1 aromatic heterocycles. The maximum Gasteiger partial charge on any atom is 0.369 e. The van der Waals surface area contributed by atoms with Crippen molar-refractivity contribution in [3.05, 3.63) is 11.4 Å². The highest BCUT2D eigenvalue weighted by Gasteiger charge is 2.60. The van der Waals surface area contributed by atoms with Crippen LogP contribution in [0.15, 0.2) is 4.63 Å². The molecule has 0 fully saturated rings. The molecule has 98 valence electrons. The molecule has 0 unspecified atom stereocenters. The van der Waals surface area contributed by atoms with E-state index in [4.69, 9.17) is 19.6 Å². The first kappa shape index (κ1) is 14.5. The third-order valence-electron chi connectivity index (χ3n) is 2.08. The van der Waals surface area contributed by atoms with Gasteiger partial charge in [0.2, 0.25) is 0 Å². The van der Waals surface area contributed by atoms with E-state index in [-0.39, 0.29) is 11.4 Å². The van der Waals surface area contributed by atoms with E-state index in [0.29, 0.717) is 0 Å². The molecule has 0 amide bonds. The molecule has 0 aliphatic rings. The molecule has 0 aromatic carbocycles. The molecule has 0 aliphatic heterocycles. The first-order valence-electron chi connectivity index (χ1n) is 4.11. The van der Waals surface area contributed by atoms with Crippen LogP contribution in [0.1, 0.15) is 11.4 Å². The van der Waals surface area contributed by atoms with Gasteiger partial charge in [-0.1, -0.05) is 10.3 Å². The zero-order valence-electron chi connectivity index (χ0n) is 8.46. The zero-order valence-corrected chi connectivity index (χ0v) is 10.2.